The third-order valence-corrected chi connectivity index (χ3v) is 10.8. The zero-order chi connectivity index (χ0) is 42.9. The molecule has 58 heavy (non-hydrogen) atoms. The van der Waals surface area contributed by atoms with Crippen molar-refractivity contribution in [1.82, 2.24) is 24.9 Å². The Morgan fingerprint density at radius 3 is 2.02 bits per heavy atom. The summed E-state index contributed by atoms with van der Waals surface area (Å²) in [7, 11) is -14.5. The number of anilines is 4. The SMILES string of the molecule is C=CN(c1nc(N)[nH]c(=O)c1NC)C1OC(COP(=O)(O)OCC(COP(=O)(O)OCC2OC([n+]3c[nH]c4c(=O)[nH]c(N)nc43)C(O)C2O)OP(=O)(O)O)C(O)C1O. The fourth-order valence-electron chi connectivity index (χ4n) is 5.65. The predicted octanol–water partition coefficient (Wildman–Crippen LogP) is -4.71. The van der Waals surface area contributed by atoms with Gasteiger partial charge in [0, 0.05) is 13.2 Å². The first-order chi connectivity index (χ1) is 27.0. The van der Waals surface area contributed by atoms with E-state index in [4.69, 9.17) is 39.0 Å². The van der Waals surface area contributed by atoms with Gasteiger partial charge < -0.3 is 71.2 Å². The van der Waals surface area contributed by atoms with Crippen molar-refractivity contribution in [2.24, 2.45) is 0 Å². The van der Waals surface area contributed by atoms with Crippen LogP contribution in [0.1, 0.15) is 6.23 Å². The molecule has 0 bridgehead atoms. The van der Waals surface area contributed by atoms with Crippen molar-refractivity contribution in [2.75, 3.05) is 55.2 Å². The minimum absolute atomic E-state index is 0.0595. The second-order valence-corrected chi connectivity index (χ2v) is 16.3. The first-order valence-corrected chi connectivity index (χ1v) is 20.8. The maximum atomic E-state index is 12.7. The van der Waals surface area contributed by atoms with E-state index in [1.807, 2.05) is 0 Å². The maximum Gasteiger partial charge on any atom is 0.472 e. The highest BCUT2D eigenvalue weighted by molar-refractivity contribution is 7.47. The van der Waals surface area contributed by atoms with Crippen LogP contribution in [0.5, 0.6) is 0 Å². The van der Waals surface area contributed by atoms with Crippen LogP contribution >= 0.6 is 23.5 Å². The Morgan fingerprint density at radius 2 is 1.45 bits per heavy atom. The number of fused-ring (bicyclic) bond motifs is 1. The lowest BCUT2D eigenvalue weighted by Crippen LogP contribution is -2.46. The molecule has 2 aliphatic rings. The van der Waals surface area contributed by atoms with Gasteiger partial charge in [-0.25, -0.2) is 18.3 Å². The number of aromatic nitrogens is 6. The molecule has 0 amide bonds. The van der Waals surface area contributed by atoms with E-state index in [2.05, 4.69) is 41.3 Å². The summed E-state index contributed by atoms with van der Waals surface area (Å²) in [5.41, 5.74) is 9.59. The Morgan fingerprint density at radius 1 is 0.897 bits per heavy atom. The summed E-state index contributed by atoms with van der Waals surface area (Å²) in [5, 5.41) is 45.0. The van der Waals surface area contributed by atoms with E-state index < -0.39 is 116 Å². The maximum absolute atomic E-state index is 12.7. The van der Waals surface area contributed by atoms with Gasteiger partial charge in [-0.15, -0.1) is 0 Å². The summed E-state index contributed by atoms with van der Waals surface area (Å²) in [6.07, 6.45) is -12.8. The number of H-pyrrole nitrogens is 3. The normalized spacial score (nSPS) is 27.6. The van der Waals surface area contributed by atoms with E-state index in [-0.39, 0.29) is 34.6 Å². The molecule has 16 N–H and O–H groups in total. The van der Waals surface area contributed by atoms with Crippen LogP contribution < -0.4 is 37.4 Å². The molecule has 11 unspecified atom stereocenters. The molecule has 11 atom stereocenters. The number of nitrogens with one attached hydrogen (secondary N) is 4. The van der Waals surface area contributed by atoms with Gasteiger partial charge in [0.05, 0.1) is 26.4 Å². The fraction of sp³-hybridized carbons (Fsp3) is 0.560. The third-order valence-electron chi connectivity index (χ3n) is 8.28. The topological polar surface area (TPSA) is 456 Å². The molecule has 0 saturated carbocycles. The van der Waals surface area contributed by atoms with Crippen LogP contribution in [0.3, 0.4) is 0 Å². The number of phosphoric ester groups is 3. The molecule has 3 aromatic heterocycles. The van der Waals surface area contributed by atoms with Crippen molar-refractivity contribution in [3.8, 4) is 0 Å². The van der Waals surface area contributed by atoms with Gasteiger partial charge in [0.15, 0.2) is 18.4 Å². The molecule has 2 fully saturated rings. The lowest BCUT2D eigenvalue weighted by atomic mass is 10.1. The summed E-state index contributed by atoms with van der Waals surface area (Å²) in [4.78, 5) is 79.7. The van der Waals surface area contributed by atoms with Gasteiger partial charge in [0.2, 0.25) is 17.7 Å². The predicted molar refractivity (Wildman–Crippen MR) is 190 cm³/mol. The fourth-order valence-corrected chi connectivity index (χ4v) is 7.69. The number of rotatable bonds is 19. The lowest BCUT2D eigenvalue weighted by Gasteiger charge is -2.29. The molecule has 0 spiro atoms. The molecule has 30 nitrogen and oxygen atoms in total. The smallest absolute Gasteiger partial charge is 0.387 e. The summed E-state index contributed by atoms with van der Waals surface area (Å²) in [6, 6.07) is 0. The standard InChI is InChI=1S/C25H39N10O20P3/c1-3-34(18-12(28-2)20(40)32-24(26)30-18)22-16(38)14(36)10(53-22)6-51-57(45,46)49-4-9(55-56(42,43)44)5-50-58(47,48)52-7-11-15(37)17(39)23(54-11)35-8-29-13-19(35)31-25(27)33-21(13)41/h3,8-11,14-17,22-23,28,36-39H,1,4-7H2,2H3,(H10,26,27,30,31,32,33,40,41,42,43,44,45,46,47,48)/p+1. The van der Waals surface area contributed by atoms with Crippen molar-refractivity contribution in [3.05, 3.63) is 39.8 Å². The molecule has 0 aromatic carbocycles. The van der Waals surface area contributed by atoms with E-state index >= 15 is 0 Å². The van der Waals surface area contributed by atoms with Gasteiger partial charge in [-0.2, -0.15) is 4.98 Å². The largest absolute Gasteiger partial charge is 0.472 e. The molecule has 0 aliphatic carbocycles. The highest BCUT2D eigenvalue weighted by Gasteiger charge is 2.49. The highest BCUT2D eigenvalue weighted by atomic mass is 31.2. The van der Waals surface area contributed by atoms with E-state index in [9.17, 15) is 63.3 Å². The van der Waals surface area contributed by atoms with Crippen LogP contribution in [0.25, 0.3) is 11.2 Å². The average Bonchev–Trinajstić information content (AvgIpc) is 3.77. The van der Waals surface area contributed by atoms with Gasteiger partial charge >= 0.3 is 29.1 Å². The lowest BCUT2D eigenvalue weighted by molar-refractivity contribution is -0.745. The summed E-state index contributed by atoms with van der Waals surface area (Å²) < 4.78 is 72.8. The second-order valence-electron chi connectivity index (χ2n) is 12.3. The molecule has 3 aromatic rings. The number of hydrogen-bond donors (Lipinski definition) is 14. The Balaban J connectivity index is 1.15. The van der Waals surface area contributed by atoms with Gasteiger partial charge in [-0.3, -0.25) is 47.2 Å². The number of imidazole rings is 1. The molecule has 2 aliphatic heterocycles. The van der Waals surface area contributed by atoms with E-state index in [1.165, 1.54) is 13.4 Å². The Bertz CT molecular complexity index is 2220. The summed E-state index contributed by atoms with van der Waals surface area (Å²) in [6.45, 7) is -0.789. The molecular formula is C25H40N10O20P3+. The number of aliphatic hydroxyl groups is 4. The first-order valence-electron chi connectivity index (χ1n) is 16.3. The van der Waals surface area contributed by atoms with Gasteiger partial charge in [0.1, 0.15) is 48.4 Å². The number of nitrogens with zero attached hydrogens (tertiary/aromatic N) is 4. The Kier molecular flexibility index (Phi) is 14.0. The minimum atomic E-state index is -5.43. The average molecular weight is 894 g/mol. The molecule has 0 radical (unpaired) electrons. The van der Waals surface area contributed by atoms with Crippen LogP contribution in [0, 0.1) is 0 Å². The number of aromatic amines is 3. The quantitative estimate of drug-likeness (QED) is 0.0397. The Hall–Kier alpha value is -3.74. The van der Waals surface area contributed by atoms with Gasteiger partial charge in [-0.1, -0.05) is 11.6 Å². The molecule has 5 rings (SSSR count). The first kappa shape index (κ1) is 45.3. The Labute approximate surface area is 323 Å². The van der Waals surface area contributed by atoms with Crippen LogP contribution in [0.2, 0.25) is 0 Å². The number of hydrogen-bond acceptors (Lipinski definition) is 22. The van der Waals surface area contributed by atoms with Gasteiger partial charge in [-0.05, 0) is 0 Å². The minimum Gasteiger partial charge on any atom is -0.387 e. The van der Waals surface area contributed by atoms with E-state index in [0.717, 1.165) is 15.7 Å². The van der Waals surface area contributed by atoms with Gasteiger partial charge in [0.25, 0.3) is 17.1 Å². The second kappa shape index (κ2) is 17.9. The van der Waals surface area contributed by atoms with Crippen molar-refractivity contribution in [2.45, 2.75) is 55.2 Å². The van der Waals surface area contributed by atoms with E-state index in [0.29, 0.717) is 0 Å². The van der Waals surface area contributed by atoms with Crippen LogP contribution in [-0.2, 0) is 45.8 Å². The highest BCUT2D eigenvalue weighted by Crippen LogP contribution is 2.48. The molecule has 324 valence electrons. The van der Waals surface area contributed by atoms with Crippen molar-refractivity contribution >= 4 is 58.0 Å². The number of ether oxygens (including phenoxy) is 2. The summed E-state index contributed by atoms with van der Waals surface area (Å²) in [5.74, 6) is -0.774. The monoisotopic (exact) mass is 893 g/mol. The third kappa shape index (κ3) is 10.5. The number of nitrogen functional groups attached to an aromatic ring is 2. The number of phosphoric acid groups is 3. The zero-order valence-electron chi connectivity index (χ0n) is 29.6. The van der Waals surface area contributed by atoms with E-state index in [1.54, 1.807) is 0 Å². The molecular weight excluding hydrogens is 853 g/mol. The van der Waals surface area contributed by atoms with Crippen molar-refractivity contribution < 1.29 is 90.4 Å². The van der Waals surface area contributed by atoms with Crippen molar-refractivity contribution in [1.29, 1.82) is 0 Å². The van der Waals surface area contributed by atoms with Crippen LogP contribution in [0.4, 0.5) is 23.4 Å². The molecule has 5 heterocycles. The van der Waals surface area contributed by atoms with Crippen molar-refractivity contribution in [3.63, 3.8) is 0 Å². The zero-order valence-corrected chi connectivity index (χ0v) is 32.3. The molecule has 2 saturated heterocycles. The van der Waals surface area contributed by atoms with Crippen LogP contribution in [-0.4, -0.2) is 147 Å². The molecule has 33 heteroatoms. The number of nitrogens with two attached hydrogens (primary N) is 2. The summed E-state index contributed by atoms with van der Waals surface area (Å²) >= 11 is 0. The number of aliphatic hydroxyl groups excluding tert-OH is 4. The van der Waals surface area contributed by atoms with Crippen LogP contribution in [0.15, 0.2) is 28.7 Å².